The van der Waals surface area contributed by atoms with Crippen LogP contribution in [0.25, 0.3) is 0 Å². The predicted molar refractivity (Wildman–Crippen MR) is 61.6 cm³/mol. The maximum Gasteiger partial charge on any atom is 0.127 e. The summed E-state index contributed by atoms with van der Waals surface area (Å²) in [6, 6.07) is 3.53. The third-order valence-corrected chi connectivity index (χ3v) is 3.08. The van der Waals surface area contributed by atoms with E-state index in [0.29, 0.717) is 18.0 Å². The summed E-state index contributed by atoms with van der Waals surface area (Å²) in [5.74, 6) is -0.143. The van der Waals surface area contributed by atoms with Gasteiger partial charge < -0.3 is 10.1 Å². The monoisotopic (exact) mass is 241 g/mol. The molecule has 1 atom stereocenters. The molecule has 0 spiro atoms. The molecule has 0 aliphatic carbocycles. The maximum absolute atomic E-state index is 13.3. The van der Waals surface area contributed by atoms with Crippen molar-refractivity contribution in [1.29, 1.82) is 0 Å². The van der Waals surface area contributed by atoms with Gasteiger partial charge in [0.25, 0.3) is 0 Å². The van der Waals surface area contributed by atoms with Crippen molar-refractivity contribution >= 4 is 0 Å². The van der Waals surface area contributed by atoms with Crippen molar-refractivity contribution in [3.05, 3.63) is 35.4 Å². The van der Waals surface area contributed by atoms with Gasteiger partial charge in [-0.1, -0.05) is 0 Å². The van der Waals surface area contributed by atoms with Crippen LogP contribution >= 0.6 is 0 Å². The second kappa shape index (κ2) is 6.07. The zero-order valence-corrected chi connectivity index (χ0v) is 9.72. The standard InChI is InChI=1S/C13H17F2NO/c14-12-1-2-13(15)11(7-12)8-16-5-3-10-4-6-17-9-10/h1-2,7,10,16H,3-6,8-9H2. The molecule has 1 unspecified atom stereocenters. The Morgan fingerprint density at radius 3 is 3.00 bits per heavy atom. The fourth-order valence-electron chi connectivity index (χ4n) is 2.02. The van der Waals surface area contributed by atoms with Gasteiger partial charge in [0.1, 0.15) is 11.6 Å². The van der Waals surface area contributed by atoms with Crippen molar-refractivity contribution in [1.82, 2.24) is 5.32 Å². The van der Waals surface area contributed by atoms with Crippen LogP contribution in [0.3, 0.4) is 0 Å². The summed E-state index contributed by atoms with van der Waals surface area (Å²) in [6.07, 6.45) is 2.13. The van der Waals surface area contributed by atoms with E-state index in [0.717, 1.165) is 44.7 Å². The molecule has 0 aromatic heterocycles. The molecule has 1 saturated heterocycles. The minimum atomic E-state index is -0.396. The smallest absolute Gasteiger partial charge is 0.127 e. The predicted octanol–water partition coefficient (Wildman–Crippen LogP) is 2.48. The summed E-state index contributed by atoms with van der Waals surface area (Å²) in [5.41, 5.74) is 0.382. The van der Waals surface area contributed by atoms with E-state index >= 15 is 0 Å². The zero-order chi connectivity index (χ0) is 12.1. The van der Waals surface area contributed by atoms with Crippen LogP contribution in [0.1, 0.15) is 18.4 Å². The second-order valence-electron chi connectivity index (χ2n) is 4.43. The largest absolute Gasteiger partial charge is 0.381 e. The van der Waals surface area contributed by atoms with Crippen molar-refractivity contribution in [2.45, 2.75) is 19.4 Å². The van der Waals surface area contributed by atoms with Crippen LogP contribution in [0.15, 0.2) is 18.2 Å². The minimum absolute atomic E-state index is 0.358. The molecule has 17 heavy (non-hydrogen) atoms. The second-order valence-corrected chi connectivity index (χ2v) is 4.43. The quantitative estimate of drug-likeness (QED) is 0.800. The molecule has 1 aliphatic heterocycles. The highest BCUT2D eigenvalue weighted by atomic mass is 19.1. The highest BCUT2D eigenvalue weighted by Gasteiger charge is 2.14. The van der Waals surface area contributed by atoms with Gasteiger partial charge in [0.05, 0.1) is 0 Å². The first-order valence-corrected chi connectivity index (χ1v) is 5.98. The molecular weight excluding hydrogens is 224 g/mol. The number of hydrogen-bond donors (Lipinski definition) is 1. The minimum Gasteiger partial charge on any atom is -0.381 e. The molecule has 1 N–H and O–H groups in total. The Bertz CT molecular complexity index is 364. The zero-order valence-electron chi connectivity index (χ0n) is 9.72. The molecule has 1 aliphatic rings. The van der Waals surface area contributed by atoms with Gasteiger partial charge in [0.2, 0.25) is 0 Å². The average Bonchev–Trinajstić information content (AvgIpc) is 2.82. The lowest BCUT2D eigenvalue weighted by Crippen LogP contribution is -2.18. The van der Waals surface area contributed by atoms with Gasteiger partial charge in [-0.15, -0.1) is 0 Å². The molecule has 4 heteroatoms. The Labute approximate surface area is 100.0 Å². The van der Waals surface area contributed by atoms with Crippen molar-refractivity contribution in [3.8, 4) is 0 Å². The van der Waals surface area contributed by atoms with Crippen LogP contribution in [0.2, 0.25) is 0 Å². The number of benzene rings is 1. The van der Waals surface area contributed by atoms with Gasteiger partial charge in [-0.3, -0.25) is 0 Å². The lowest BCUT2D eigenvalue weighted by molar-refractivity contribution is 0.184. The van der Waals surface area contributed by atoms with Crippen LogP contribution in [0.5, 0.6) is 0 Å². The normalized spacial score (nSPS) is 19.8. The Hall–Kier alpha value is -1.00. The molecule has 0 bridgehead atoms. The maximum atomic E-state index is 13.3. The first-order chi connectivity index (χ1) is 8.25. The summed E-state index contributed by atoms with van der Waals surface area (Å²) < 4.78 is 31.4. The summed E-state index contributed by atoms with van der Waals surface area (Å²) >= 11 is 0. The Morgan fingerprint density at radius 2 is 2.24 bits per heavy atom. The van der Waals surface area contributed by atoms with Crippen molar-refractivity contribution in [3.63, 3.8) is 0 Å². The number of ether oxygens (including phenoxy) is 1. The van der Waals surface area contributed by atoms with E-state index in [-0.39, 0.29) is 5.82 Å². The molecule has 1 fully saturated rings. The van der Waals surface area contributed by atoms with Gasteiger partial charge in [0.15, 0.2) is 0 Å². The first kappa shape index (κ1) is 12.5. The lowest BCUT2D eigenvalue weighted by Gasteiger charge is -2.09. The highest BCUT2D eigenvalue weighted by molar-refractivity contribution is 5.18. The Morgan fingerprint density at radius 1 is 1.35 bits per heavy atom. The molecule has 0 saturated carbocycles. The fraction of sp³-hybridized carbons (Fsp3) is 0.538. The van der Waals surface area contributed by atoms with Crippen LogP contribution in [0.4, 0.5) is 8.78 Å². The van der Waals surface area contributed by atoms with Gasteiger partial charge >= 0.3 is 0 Å². The van der Waals surface area contributed by atoms with E-state index < -0.39 is 5.82 Å². The molecular formula is C13H17F2NO. The Balaban J connectivity index is 1.72. The summed E-state index contributed by atoms with van der Waals surface area (Å²) in [7, 11) is 0. The van der Waals surface area contributed by atoms with Crippen molar-refractivity contribution < 1.29 is 13.5 Å². The van der Waals surface area contributed by atoms with E-state index in [1.807, 2.05) is 0 Å². The van der Waals surface area contributed by atoms with Gasteiger partial charge in [-0.05, 0) is 43.5 Å². The van der Waals surface area contributed by atoms with Gasteiger partial charge in [-0.25, -0.2) is 8.78 Å². The molecule has 0 amide bonds. The molecule has 94 valence electrons. The van der Waals surface area contributed by atoms with E-state index in [1.54, 1.807) is 0 Å². The molecule has 1 aromatic carbocycles. The van der Waals surface area contributed by atoms with Crippen LogP contribution < -0.4 is 5.32 Å². The van der Waals surface area contributed by atoms with E-state index in [4.69, 9.17) is 4.74 Å². The summed E-state index contributed by atoms with van der Waals surface area (Å²) in [6.45, 7) is 2.86. The third kappa shape index (κ3) is 3.75. The number of nitrogens with one attached hydrogen (secondary N) is 1. The van der Waals surface area contributed by atoms with Gasteiger partial charge in [0, 0.05) is 25.3 Å². The summed E-state index contributed by atoms with van der Waals surface area (Å²) in [5, 5.41) is 3.13. The molecule has 1 aromatic rings. The van der Waals surface area contributed by atoms with Crippen LogP contribution in [0, 0.1) is 17.6 Å². The fourth-order valence-corrected chi connectivity index (χ4v) is 2.02. The third-order valence-electron chi connectivity index (χ3n) is 3.08. The summed E-state index contributed by atoms with van der Waals surface area (Å²) in [4.78, 5) is 0. The molecule has 1 heterocycles. The number of halogens is 2. The average molecular weight is 241 g/mol. The SMILES string of the molecule is Fc1ccc(F)c(CNCCC2CCOC2)c1. The topological polar surface area (TPSA) is 21.3 Å². The van der Waals surface area contributed by atoms with Crippen LogP contribution in [-0.2, 0) is 11.3 Å². The number of hydrogen-bond acceptors (Lipinski definition) is 2. The lowest BCUT2D eigenvalue weighted by atomic mass is 10.1. The van der Waals surface area contributed by atoms with Crippen LogP contribution in [-0.4, -0.2) is 19.8 Å². The van der Waals surface area contributed by atoms with E-state index in [1.165, 1.54) is 6.07 Å². The molecule has 0 radical (unpaired) electrons. The number of rotatable bonds is 5. The van der Waals surface area contributed by atoms with Gasteiger partial charge in [-0.2, -0.15) is 0 Å². The first-order valence-electron chi connectivity index (χ1n) is 5.98. The molecule has 2 nitrogen and oxygen atoms in total. The van der Waals surface area contributed by atoms with E-state index in [2.05, 4.69) is 5.32 Å². The highest BCUT2D eigenvalue weighted by Crippen LogP contribution is 2.15. The van der Waals surface area contributed by atoms with Crippen molar-refractivity contribution in [2.24, 2.45) is 5.92 Å². The molecule has 2 rings (SSSR count). The van der Waals surface area contributed by atoms with Crippen molar-refractivity contribution in [2.75, 3.05) is 19.8 Å². The Kier molecular flexibility index (Phi) is 4.45. The van der Waals surface area contributed by atoms with E-state index in [9.17, 15) is 8.78 Å².